The van der Waals surface area contributed by atoms with Crippen LogP contribution in [0.1, 0.15) is 25.3 Å². The minimum Gasteiger partial charge on any atom is -0.361 e. The molecule has 3 heterocycles. The fraction of sp³-hybridized carbons (Fsp3) is 0.474. The Balaban J connectivity index is 1.54. The van der Waals surface area contributed by atoms with Crippen molar-refractivity contribution < 1.29 is 4.39 Å². The molecule has 23 heavy (non-hydrogen) atoms. The molecule has 2 bridgehead atoms. The van der Waals surface area contributed by atoms with E-state index in [1.54, 1.807) is 6.07 Å². The second-order valence-electron chi connectivity index (χ2n) is 7.10. The second kappa shape index (κ2) is 5.46. The van der Waals surface area contributed by atoms with E-state index in [2.05, 4.69) is 29.0 Å². The molecule has 1 fully saturated rings. The van der Waals surface area contributed by atoms with Crippen LogP contribution in [0.2, 0.25) is 0 Å². The number of hydrogen-bond donors (Lipinski definition) is 2. The average Bonchev–Trinajstić information content (AvgIpc) is 2.98. The Morgan fingerprint density at radius 3 is 3.04 bits per heavy atom. The Hall–Kier alpha value is -1.65. The number of aromatic nitrogens is 1. The molecule has 1 aromatic carbocycles. The lowest BCUT2D eigenvalue weighted by atomic mass is 9.71. The van der Waals surface area contributed by atoms with Gasteiger partial charge in [0.15, 0.2) is 0 Å². The van der Waals surface area contributed by atoms with Gasteiger partial charge in [-0.3, -0.25) is 4.90 Å². The molecule has 122 valence electrons. The molecule has 0 spiro atoms. The number of piperidine rings is 1. The van der Waals surface area contributed by atoms with Crippen LogP contribution in [0.5, 0.6) is 0 Å². The number of halogens is 1. The maximum absolute atomic E-state index is 14.1. The van der Waals surface area contributed by atoms with Crippen molar-refractivity contribution in [2.24, 2.45) is 11.7 Å². The molecule has 3 N–H and O–H groups in total. The number of rotatable bonds is 4. The SMILES string of the molecule is CCC1(N)CC2C=CC1N(CCc1c[nH]c3cccc(F)c13)C2. The molecule has 2 aliphatic heterocycles. The van der Waals surface area contributed by atoms with E-state index in [0.29, 0.717) is 12.0 Å². The number of nitrogens with zero attached hydrogens (tertiary/aromatic N) is 1. The monoisotopic (exact) mass is 313 g/mol. The van der Waals surface area contributed by atoms with Crippen LogP contribution in [0.15, 0.2) is 36.5 Å². The predicted molar refractivity (Wildman–Crippen MR) is 91.8 cm³/mol. The number of fused-ring (bicyclic) bond motifs is 3. The Morgan fingerprint density at radius 1 is 1.39 bits per heavy atom. The van der Waals surface area contributed by atoms with E-state index in [9.17, 15) is 4.39 Å². The highest BCUT2D eigenvalue weighted by molar-refractivity contribution is 5.83. The van der Waals surface area contributed by atoms with Crippen LogP contribution in [0, 0.1) is 11.7 Å². The average molecular weight is 313 g/mol. The van der Waals surface area contributed by atoms with Gasteiger partial charge in [-0.1, -0.05) is 25.1 Å². The lowest BCUT2D eigenvalue weighted by molar-refractivity contribution is 0.0606. The van der Waals surface area contributed by atoms with Crippen molar-refractivity contribution in [1.82, 2.24) is 9.88 Å². The molecule has 3 aliphatic rings. The summed E-state index contributed by atoms with van der Waals surface area (Å²) < 4.78 is 14.1. The van der Waals surface area contributed by atoms with Gasteiger partial charge in [0.05, 0.1) is 0 Å². The number of benzene rings is 1. The zero-order chi connectivity index (χ0) is 16.0. The first-order valence-corrected chi connectivity index (χ1v) is 8.56. The fourth-order valence-electron chi connectivity index (χ4n) is 4.41. The van der Waals surface area contributed by atoms with E-state index in [-0.39, 0.29) is 11.4 Å². The van der Waals surface area contributed by atoms with Crippen molar-refractivity contribution in [3.8, 4) is 0 Å². The third-order valence-corrected chi connectivity index (χ3v) is 5.72. The zero-order valence-corrected chi connectivity index (χ0v) is 13.6. The van der Waals surface area contributed by atoms with Crippen LogP contribution >= 0.6 is 0 Å². The minimum atomic E-state index is -0.138. The summed E-state index contributed by atoms with van der Waals surface area (Å²) in [5, 5.41) is 0.736. The maximum atomic E-state index is 14.1. The van der Waals surface area contributed by atoms with Crippen LogP contribution in [0.25, 0.3) is 10.9 Å². The first kappa shape index (κ1) is 14.9. The Morgan fingerprint density at radius 2 is 2.26 bits per heavy atom. The van der Waals surface area contributed by atoms with Crippen molar-refractivity contribution >= 4 is 10.9 Å². The molecule has 1 saturated heterocycles. The molecule has 3 nitrogen and oxygen atoms in total. The molecule has 4 heteroatoms. The highest BCUT2D eigenvalue weighted by atomic mass is 19.1. The highest BCUT2D eigenvalue weighted by Crippen LogP contribution is 2.37. The number of aromatic amines is 1. The number of H-pyrrole nitrogens is 1. The van der Waals surface area contributed by atoms with Gasteiger partial charge in [-0.05, 0) is 42.9 Å². The molecule has 0 saturated carbocycles. The molecule has 1 aromatic heterocycles. The Kier molecular flexibility index (Phi) is 3.54. The van der Waals surface area contributed by atoms with Crippen LogP contribution in [0.4, 0.5) is 4.39 Å². The molecule has 3 unspecified atom stereocenters. The normalized spacial score (nSPS) is 30.4. The molecule has 2 aromatic rings. The number of nitrogens with one attached hydrogen (secondary N) is 1. The molecular weight excluding hydrogens is 289 g/mol. The molecule has 5 rings (SSSR count). The van der Waals surface area contributed by atoms with Crippen molar-refractivity contribution in [2.75, 3.05) is 13.1 Å². The van der Waals surface area contributed by atoms with Crippen molar-refractivity contribution in [1.29, 1.82) is 0 Å². The first-order chi connectivity index (χ1) is 11.1. The third-order valence-electron chi connectivity index (χ3n) is 5.72. The smallest absolute Gasteiger partial charge is 0.132 e. The van der Waals surface area contributed by atoms with Crippen LogP contribution in [0.3, 0.4) is 0 Å². The van der Waals surface area contributed by atoms with E-state index in [1.807, 2.05) is 12.3 Å². The van der Waals surface area contributed by atoms with E-state index < -0.39 is 0 Å². The topological polar surface area (TPSA) is 45.0 Å². The van der Waals surface area contributed by atoms with E-state index in [0.717, 1.165) is 48.8 Å². The van der Waals surface area contributed by atoms with E-state index >= 15 is 0 Å². The molecule has 3 atom stereocenters. The van der Waals surface area contributed by atoms with Gasteiger partial charge in [-0.25, -0.2) is 4.39 Å². The molecule has 1 aliphatic carbocycles. The number of hydrogen-bond acceptors (Lipinski definition) is 2. The van der Waals surface area contributed by atoms with Crippen molar-refractivity contribution in [3.05, 3.63) is 47.9 Å². The second-order valence-corrected chi connectivity index (χ2v) is 7.10. The summed E-state index contributed by atoms with van der Waals surface area (Å²) in [6.07, 6.45) is 9.49. The lowest BCUT2D eigenvalue weighted by Crippen LogP contribution is -2.65. The number of nitrogens with two attached hydrogens (primary N) is 1. The van der Waals surface area contributed by atoms with Gasteiger partial charge in [-0.15, -0.1) is 0 Å². The van der Waals surface area contributed by atoms with Gasteiger partial charge in [0.2, 0.25) is 0 Å². The van der Waals surface area contributed by atoms with E-state index in [4.69, 9.17) is 5.73 Å². The Bertz CT molecular complexity index is 750. The standard InChI is InChI=1S/C19H24FN3/c1-2-19(21)10-13-6-7-17(19)23(12-13)9-8-14-11-22-16-5-3-4-15(20)18(14)16/h3-7,11,13,17,22H,2,8-10,12,21H2,1H3. The summed E-state index contributed by atoms with van der Waals surface area (Å²) in [6.45, 7) is 4.18. The summed E-state index contributed by atoms with van der Waals surface area (Å²) in [5.41, 5.74) is 8.47. The van der Waals surface area contributed by atoms with Crippen LogP contribution < -0.4 is 5.73 Å². The zero-order valence-electron chi connectivity index (χ0n) is 13.6. The van der Waals surface area contributed by atoms with Gasteiger partial charge >= 0.3 is 0 Å². The summed E-state index contributed by atoms with van der Waals surface area (Å²) >= 11 is 0. The summed E-state index contributed by atoms with van der Waals surface area (Å²) in [5.74, 6) is 0.421. The maximum Gasteiger partial charge on any atom is 0.132 e. The van der Waals surface area contributed by atoms with Gasteiger partial charge in [0, 0.05) is 41.8 Å². The highest BCUT2D eigenvalue weighted by Gasteiger charge is 2.44. The predicted octanol–water partition coefficient (Wildman–Crippen LogP) is 3.22. The van der Waals surface area contributed by atoms with Gasteiger partial charge in [0.1, 0.15) is 5.82 Å². The lowest BCUT2D eigenvalue weighted by Gasteiger charge is -2.52. The Labute approximate surface area is 136 Å². The molecule has 0 amide bonds. The van der Waals surface area contributed by atoms with Crippen LogP contribution in [-0.4, -0.2) is 34.6 Å². The third kappa shape index (κ3) is 2.41. The van der Waals surface area contributed by atoms with Crippen molar-refractivity contribution in [3.63, 3.8) is 0 Å². The summed E-state index contributed by atoms with van der Waals surface area (Å²) in [4.78, 5) is 5.66. The first-order valence-electron chi connectivity index (χ1n) is 8.56. The molecule has 0 radical (unpaired) electrons. The largest absolute Gasteiger partial charge is 0.361 e. The quantitative estimate of drug-likeness (QED) is 0.851. The summed E-state index contributed by atoms with van der Waals surface area (Å²) in [6, 6.07) is 5.52. The van der Waals surface area contributed by atoms with Gasteiger partial charge in [0.25, 0.3) is 0 Å². The van der Waals surface area contributed by atoms with E-state index in [1.165, 1.54) is 6.07 Å². The van der Waals surface area contributed by atoms with Crippen molar-refractivity contribution in [2.45, 2.75) is 37.8 Å². The van der Waals surface area contributed by atoms with Crippen LogP contribution in [-0.2, 0) is 6.42 Å². The van der Waals surface area contributed by atoms with Gasteiger partial charge in [-0.2, -0.15) is 0 Å². The molecular formula is C19H24FN3. The minimum absolute atomic E-state index is 0.108. The fourth-order valence-corrected chi connectivity index (χ4v) is 4.41. The summed E-state index contributed by atoms with van der Waals surface area (Å²) in [7, 11) is 0. The van der Waals surface area contributed by atoms with Gasteiger partial charge < -0.3 is 10.7 Å².